The van der Waals surface area contributed by atoms with Crippen molar-refractivity contribution in [3.8, 4) is 6.07 Å². The zero-order valence-electron chi connectivity index (χ0n) is 7.90. The van der Waals surface area contributed by atoms with Gasteiger partial charge in [0.2, 0.25) is 0 Å². The van der Waals surface area contributed by atoms with Gasteiger partial charge in [-0.15, -0.1) is 0 Å². The van der Waals surface area contributed by atoms with Gasteiger partial charge in [-0.3, -0.25) is 4.79 Å². The number of nitrogens with zero attached hydrogens (tertiary/aromatic N) is 2. The van der Waals surface area contributed by atoms with Crippen LogP contribution in [0.25, 0.3) is 0 Å². The highest BCUT2D eigenvalue weighted by Crippen LogP contribution is 2.28. The Morgan fingerprint density at radius 3 is 2.69 bits per heavy atom. The lowest BCUT2D eigenvalue weighted by Crippen LogP contribution is -2.34. The van der Waals surface area contributed by atoms with Crippen molar-refractivity contribution in [2.45, 2.75) is 12.7 Å². The highest BCUT2D eigenvalue weighted by molar-refractivity contribution is 5.70. The average molecular weight is 232 g/mol. The van der Waals surface area contributed by atoms with Crippen LogP contribution in [0.2, 0.25) is 0 Å². The Balaban J connectivity index is 2.94. The number of alkyl halides is 3. The Bertz CT molecular complexity index is 431. The molecular weight excluding hydrogens is 225 g/mol. The van der Waals surface area contributed by atoms with Gasteiger partial charge in [-0.2, -0.15) is 18.4 Å². The third-order valence-electron chi connectivity index (χ3n) is 2.02. The van der Waals surface area contributed by atoms with Gasteiger partial charge >= 0.3 is 12.1 Å². The number of carboxylic acids is 1. The van der Waals surface area contributed by atoms with Crippen molar-refractivity contribution in [2.24, 2.45) is 5.92 Å². The quantitative estimate of drug-likeness (QED) is 0.861. The van der Waals surface area contributed by atoms with Crippen LogP contribution in [-0.4, -0.2) is 21.8 Å². The molecule has 1 rings (SSSR count). The number of carboxylic acid groups (broad SMARTS) is 1. The molecule has 4 nitrogen and oxygen atoms in total. The summed E-state index contributed by atoms with van der Waals surface area (Å²) in [4.78, 5) is 10.5. The van der Waals surface area contributed by atoms with E-state index in [0.29, 0.717) is 0 Å². The van der Waals surface area contributed by atoms with Gasteiger partial charge in [0.15, 0.2) is 5.92 Å². The first-order valence-electron chi connectivity index (χ1n) is 4.21. The molecule has 1 N–H and O–H groups in total. The van der Waals surface area contributed by atoms with Crippen molar-refractivity contribution in [1.29, 1.82) is 5.26 Å². The van der Waals surface area contributed by atoms with Crippen LogP contribution in [0.5, 0.6) is 0 Å². The molecule has 0 saturated heterocycles. The number of aromatic nitrogens is 1. The Labute approximate surface area is 88.5 Å². The van der Waals surface area contributed by atoms with Crippen LogP contribution in [0.1, 0.15) is 5.69 Å². The standard InChI is InChI=1S/C9H7F3N2O2/c10-9(11,12)7(8(15)16)5-14-3-1-2-6(14)4-13/h1-3,7H,5H2,(H,15,16). The van der Waals surface area contributed by atoms with Crippen LogP contribution in [-0.2, 0) is 11.3 Å². The smallest absolute Gasteiger partial charge is 0.403 e. The van der Waals surface area contributed by atoms with Crippen LogP contribution in [0.4, 0.5) is 13.2 Å². The highest BCUT2D eigenvalue weighted by Gasteiger charge is 2.45. The molecule has 0 amide bonds. The molecule has 86 valence electrons. The van der Waals surface area contributed by atoms with Gasteiger partial charge in [0.25, 0.3) is 0 Å². The van der Waals surface area contributed by atoms with Crippen LogP contribution >= 0.6 is 0 Å². The van der Waals surface area contributed by atoms with Crippen molar-refractivity contribution in [3.05, 3.63) is 24.0 Å². The van der Waals surface area contributed by atoms with E-state index in [1.54, 1.807) is 6.07 Å². The minimum Gasteiger partial charge on any atom is -0.481 e. The molecule has 1 heterocycles. The first-order chi connectivity index (χ1) is 7.36. The van der Waals surface area contributed by atoms with Crippen molar-refractivity contribution < 1.29 is 23.1 Å². The number of nitriles is 1. The lowest BCUT2D eigenvalue weighted by atomic mass is 10.1. The predicted molar refractivity (Wildman–Crippen MR) is 46.3 cm³/mol. The fraction of sp³-hybridized carbons (Fsp3) is 0.333. The number of hydrogen-bond acceptors (Lipinski definition) is 2. The Morgan fingerprint density at radius 2 is 2.25 bits per heavy atom. The van der Waals surface area contributed by atoms with E-state index >= 15 is 0 Å². The van der Waals surface area contributed by atoms with Gasteiger partial charge < -0.3 is 9.67 Å². The zero-order valence-corrected chi connectivity index (χ0v) is 7.90. The Morgan fingerprint density at radius 1 is 1.62 bits per heavy atom. The summed E-state index contributed by atoms with van der Waals surface area (Å²) in [7, 11) is 0. The Hall–Kier alpha value is -1.97. The molecule has 1 aromatic heterocycles. The first-order valence-corrected chi connectivity index (χ1v) is 4.21. The highest BCUT2D eigenvalue weighted by atomic mass is 19.4. The molecule has 1 unspecified atom stereocenters. The summed E-state index contributed by atoms with van der Waals surface area (Å²) < 4.78 is 37.9. The second-order valence-corrected chi connectivity index (χ2v) is 3.09. The van der Waals surface area contributed by atoms with Crippen LogP contribution in [0, 0.1) is 17.2 Å². The summed E-state index contributed by atoms with van der Waals surface area (Å²) >= 11 is 0. The van der Waals surface area contributed by atoms with Crippen LogP contribution in [0.15, 0.2) is 18.3 Å². The van der Waals surface area contributed by atoms with Gasteiger partial charge in [-0.25, -0.2) is 0 Å². The predicted octanol–water partition coefficient (Wildman–Crippen LogP) is 1.62. The summed E-state index contributed by atoms with van der Waals surface area (Å²) in [5.74, 6) is -4.46. The average Bonchev–Trinajstić information content (AvgIpc) is 2.58. The van der Waals surface area contributed by atoms with Crippen molar-refractivity contribution >= 4 is 5.97 Å². The maximum Gasteiger partial charge on any atom is 0.403 e. The zero-order chi connectivity index (χ0) is 12.3. The molecule has 0 aliphatic carbocycles. The minimum absolute atomic E-state index is 0.00417. The van der Waals surface area contributed by atoms with Crippen LogP contribution in [0.3, 0.4) is 0 Å². The van der Waals surface area contributed by atoms with E-state index in [-0.39, 0.29) is 5.69 Å². The topological polar surface area (TPSA) is 66.0 Å². The summed E-state index contributed by atoms with van der Waals surface area (Å²) in [6.07, 6.45) is -3.59. The molecule has 1 atom stereocenters. The number of halogens is 3. The summed E-state index contributed by atoms with van der Waals surface area (Å²) in [6.45, 7) is -0.797. The van der Waals surface area contributed by atoms with E-state index in [9.17, 15) is 18.0 Å². The van der Waals surface area contributed by atoms with E-state index in [2.05, 4.69) is 0 Å². The van der Waals surface area contributed by atoms with E-state index in [0.717, 1.165) is 4.57 Å². The SMILES string of the molecule is N#Cc1cccn1CC(C(=O)O)C(F)(F)F. The number of carbonyl (C=O) groups is 1. The van der Waals surface area contributed by atoms with Crippen LogP contribution < -0.4 is 0 Å². The largest absolute Gasteiger partial charge is 0.481 e. The van der Waals surface area contributed by atoms with Gasteiger partial charge in [0, 0.05) is 12.7 Å². The first kappa shape index (κ1) is 12.1. The number of rotatable bonds is 3. The molecule has 16 heavy (non-hydrogen) atoms. The maximum atomic E-state index is 12.3. The van der Waals surface area contributed by atoms with Gasteiger partial charge in [0.1, 0.15) is 11.8 Å². The van der Waals surface area contributed by atoms with E-state index in [1.165, 1.54) is 18.3 Å². The van der Waals surface area contributed by atoms with Gasteiger partial charge in [-0.1, -0.05) is 0 Å². The summed E-state index contributed by atoms with van der Waals surface area (Å²) in [5.41, 5.74) is -0.00417. The number of aliphatic carboxylic acids is 1. The van der Waals surface area contributed by atoms with Crippen molar-refractivity contribution in [2.75, 3.05) is 0 Å². The van der Waals surface area contributed by atoms with Crippen molar-refractivity contribution in [3.63, 3.8) is 0 Å². The molecule has 7 heteroatoms. The second-order valence-electron chi connectivity index (χ2n) is 3.09. The van der Waals surface area contributed by atoms with Crippen molar-refractivity contribution in [1.82, 2.24) is 4.57 Å². The molecule has 0 spiro atoms. The fourth-order valence-corrected chi connectivity index (χ4v) is 1.19. The van der Waals surface area contributed by atoms with Gasteiger partial charge in [-0.05, 0) is 12.1 Å². The van der Waals surface area contributed by atoms with Gasteiger partial charge in [0.05, 0.1) is 0 Å². The molecule has 0 bridgehead atoms. The Kier molecular flexibility index (Phi) is 3.22. The fourth-order valence-electron chi connectivity index (χ4n) is 1.19. The summed E-state index contributed by atoms with van der Waals surface area (Å²) in [6, 6.07) is 4.37. The van der Waals surface area contributed by atoms with E-state index in [4.69, 9.17) is 10.4 Å². The van der Waals surface area contributed by atoms with E-state index < -0.39 is 24.6 Å². The molecule has 0 aliphatic heterocycles. The minimum atomic E-state index is -4.83. The maximum absolute atomic E-state index is 12.3. The number of hydrogen-bond donors (Lipinski definition) is 1. The molecule has 1 aromatic rings. The molecule has 0 saturated carbocycles. The monoisotopic (exact) mass is 232 g/mol. The normalized spacial score (nSPS) is 13.1. The molecule has 0 radical (unpaired) electrons. The second kappa shape index (κ2) is 4.26. The lowest BCUT2D eigenvalue weighted by Gasteiger charge is -2.17. The van der Waals surface area contributed by atoms with E-state index in [1.807, 2.05) is 0 Å². The molecule has 0 aliphatic rings. The third kappa shape index (κ3) is 2.53. The summed E-state index contributed by atoms with van der Waals surface area (Å²) in [5, 5.41) is 17.0. The molecule has 0 fully saturated rings. The lowest BCUT2D eigenvalue weighted by molar-refractivity contribution is -0.195. The third-order valence-corrected chi connectivity index (χ3v) is 2.02. The molecule has 0 aromatic carbocycles. The molecular formula is C9H7F3N2O2.